The second-order valence-electron chi connectivity index (χ2n) is 7.26. The van der Waals surface area contributed by atoms with E-state index in [9.17, 15) is 5.11 Å². The number of hydrogen-bond donors (Lipinski definition) is 3. The molecule has 6 nitrogen and oxygen atoms in total. The van der Waals surface area contributed by atoms with Crippen molar-refractivity contribution >= 4 is 41.3 Å². The number of rotatable bonds is 8. The second kappa shape index (κ2) is 12.9. The zero-order chi connectivity index (χ0) is 18.8. The summed E-state index contributed by atoms with van der Waals surface area (Å²) < 4.78 is 0. The highest BCUT2D eigenvalue weighted by atomic mass is 127. The third-order valence-electron chi connectivity index (χ3n) is 4.79. The van der Waals surface area contributed by atoms with Crippen molar-refractivity contribution in [2.24, 2.45) is 4.99 Å². The predicted octanol–water partition coefficient (Wildman–Crippen LogP) is 2.16. The molecule has 1 aromatic rings. The van der Waals surface area contributed by atoms with Crippen molar-refractivity contribution in [2.75, 3.05) is 59.4 Å². The van der Waals surface area contributed by atoms with Gasteiger partial charge in [0.1, 0.15) is 5.60 Å². The predicted molar refractivity (Wildman–Crippen MR) is 126 cm³/mol. The zero-order valence-corrected chi connectivity index (χ0v) is 20.1. The highest BCUT2D eigenvalue weighted by molar-refractivity contribution is 14.0. The van der Waals surface area contributed by atoms with Crippen LogP contribution in [0.4, 0.5) is 0 Å². The van der Waals surface area contributed by atoms with E-state index < -0.39 is 5.60 Å². The summed E-state index contributed by atoms with van der Waals surface area (Å²) in [5.74, 6) is 0.776. The molecule has 0 aliphatic carbocycles. The first-order chi connectivity index (χ1) is 12.5. The highest BCUT2D eigenvalue weighted by Gasteiger charge is 2.23. The van der Waals surface area contributed by atoms with E-state index in [2.05, 4.69) is 39.4 Å². The molecule has 2 rings (SSSR count). The van der Waals surface area contributed by atoms with Gasteiger partial charge in [0.15, 0.2) is 5.96 Å². The lowest BCUT2D eigenvalue weighted by Gasteiger charge is -2.22. The summed E-state index contributed by atoms with van der Waals surface area (Å²) >= 11 is 1.60. The van der Waals surface area contributed by atoms with Crippen LogP contribution < -0.4 is 10.6 Å². The van der Waals surface area contributed by atoms with Crippen molar-refractivity contribution in [1.82, 2.24) is 20.4 Å². The standard InChI is InChI=1S/C19H35N5OS.HI/c1-4-20-18(22-16-19(2,25)17-7-14-26-15-17)21-8-5-10-24-11-6-9-23(3)12-13-24;/h7,14-15,25H,4-6,8-13,16H2,1-3H3,(H2,20,21,22);1H. The van der Waals surface area contributed by atoms with E-state index in [0.717, 1.165) is 50.7 Å². The molecule has 0 spiro atoms. The van der Waals surface area contributed by atoms with Crippen LogP contribution in [0.5, 0.6) is 0 Å². The van der Waals surface area contributed by atoms with Crippen molar-refractivity contribution in [3.63, 3.8) is 0 Å². The van der Waals surface area contributed by atoms with Crippen molar-refractivity contribution in [2.45, 2.75) is 32.3 Å². The van der Waals surface area contributed by atoms with Crippen LogP contribution in [0.25, 0.3) is 0 Å². The normalized spacial score (nSPS) is 19.0. The fourth-order valence-corrected chi connectivity index (χ4v) is 3.85. The van der Waals surface area contributed by atoms with Crippen LogP contribution in [-0.2, 0) is 5.60 Å². The maximum absolute atomic E-state index is 10.6. The van der Waals surface area contributed by atoms with E-state index in [1.807, 2.05) is 23.8 Å². The Hall–Kier alpha value is -0.420. The van der Waals surface area contributed by atoms with Crippen LogP contribution in [-0.4, -0.2) is 80.3 Å². The van der Waals surface area contributed by atoms with Crippen LogP contribution in [0, 0.1) is 0 Å². The largest absolute Gasteiger partial charge is 0.383 e. The molecular weight excluding hydrogens is 473 g/mol. The molecule has 0 saturated carbocycles. The Morgan fingerprint density at radius 1 is 1.30 bits per heavy atom. The molecule has 1 aliphatic rings. The van der Waals surface area contributed by atoms with Gasteiger partial charge in [-0.15, -0.1) is 24.0 Å². The fourth-order valence-electron chi connectivity index (χ4n) is 3.07. The summed E-state index contributed by atoms with van der Waals surface area (Å²) in [6.07, 6.45) is 2.35. The molecular formula is C19H36IN5OS. The fraction of sp³-hybridized carbons (Fsp3) is 0.737. The summed E-state index contributed by atoms with van der Waals surface area (Å²) in [5.41, 5.74) is -0.00584. The first-order valence-electron chi connectivity index (χ1n) is 9.69. The number of hydrogen-bond acceptors (Lipinski definition) is 5. The third-order valence-corrected chi connectivity index (χ3v) is 5.47. The van der Waals surface area contributed by atoms with Crippen LogP contribution in [0.3, 0.4) is 0 Å². The molecule has 0 bridgehead atoms. The van der Waals surface area contributed by atoms with Gasteiger partial charge in [0.05, 0.1) is 6.54 Å². The van der Waals surface area contributed by atoms with Gasteiger partial charge in [0.2, 0.25) is 0 Å². The minimum atomic E-state index is -0.930. The third kappa shape index (κ3) is 9.08. The number of nitrogens with one attached hydrogen (secondary N) is 2. The zero-order valence-electron chi connectivity index (χ0n) is 16.9. The molecule has 1 unspecified atom stereocenters. The van der Waals surface area contributed by atoms with Gasteiger partial charge in [0.25, 0.3) is 0 Å². The Balaban J connectivity index is 0.00000364. The van der Waals surface area contributed by atoms with Gasteiger partial charge in [-0.05, 0) is 75.8 Å². The molecule has 1 aliphatic heterocycles. The average Bonchev–Trinajstić information content (AvgIpc) is 3.08. The topological polar surface area (TPSA) is 63.1 Å². The molecule has 1 fully saturated rings. The Kier molecular flexibility index (Phi) is 11.8. The van der Waals surface area contributed by atoms with E-state index in [4.69, 9.17) is 0 Å². The molecule has 156 valence electrons. The van der Waals surface area contributed by atoms with Crippen LogP contribution >= 0.6 is 35.3 Å². The van der Waals surface area contributed by atoms with Crippen molar-refractivity contribution in [3.8, 4) is 0 Å². The van der Waals surface area contributed by atoms with Gasteiger partial charge in [-0.1, -0.05) is 0 Å². The van der Waals surface area contributed by atoms with E-state index in [-0.39, 0.29) is 24.0 Å². The lowest BCUT2D eigenvalue weighted by atomic mass is 10.00. The summed E-state index contributed by atoms with van der Waals surface area (Å²) in [4.78, 5) is 9.54. The number of thiophene rings is 1. The monoisotopic (exact) mass is 509 g/mol. The average molecular weight is 510 g/mol. The number of aliphatic imine (C=N–C) groups is 1. The first kappa shape index (κ1) is 24.6. The lowest BCUT2D eigenvalue weighted by Crippen LogP contribution is -2.40. The van der Waals surface area contributed by atoms with Crippen LogP contribution in [0.2, 0.25) is 0 Å². The van der Waals surface area contributed by atoms with Gasteiger partial charge >= 0.3 is 0 Å². The van der Waals surface area contributed by atoms with E-state index in [1.54, 1.807) is 11.3 Å². The summed E-state index contributed by atoms with van der Waals surface area (Å²) in [6, 6.07) is 1.96. The molecule has 0 amide bonds. The summed E-state index contributed by atoms with van der Waals surface area (Å²) in [7, 11) is 2.20. The van der Waals surface area contributed by atoms with Gasteiger partial charge in [0, 0.05) is 26.2 Å². The second-order valence-corrected chi connectivity index (χ2v) is 8.04. The molecule has 1 saturated heterocycles. The van der Waals surface area contributed by atoms with Gasteiger partial charge in [-0.3, -0.25) is 0 Å². The molecule has 8 heteroatoms. The quantitative estimate of drug-likeness (QED) is 0.217. The number of nitrogens with zero attached hydrogens (tertiary/aromatic N) is 3. The van der Waals surface area contributed by atoms with E-state index in [1.165, 1.54) is 19.5 Å². The molecule has 0 radical (unpaired) electrons. The Morgan fingerprint density at radius 2 is 2.11 bits per heavy atom. The smallest absolute Gasteiger partial charge is 0.191 e. The molecule has 1 aromatic heterocycles. The number of halogens is 1. The molecule has 3 N–H and O–H groups in total. The van der Waals surface area contributed by atoms with Crippen LogP contribution in [0.15, 0.2) is 21.8 Å². The first-order valence-corrected chi connectivity index (χ1v) is 10.6. The molecule has 2 heterocycles. The van der Waals surface area contributed by atoms with Gasteiger partial charge in [-0.2, -0.15) is 11.3 Å². The van der Waals surface area contributed by atoms with Crippen molar-refractivity contribution < 1.29 is 5.11 Å². The van der Waals surface area contributed by atoms with E-state index >= 15 is 0 Å². The summed E-state index contributed by atoms with van der Waals surface area (Å²) in [6.45, 7) is 11.8. The molecule has 0 aromatic carbocycles. The van der Waals surface area contributed by atoms with Crippen molar-refractivity contribution in [1.29, 1.82) is 0 Å². The SMILES string of the molecule is CCNC(=NCC(C)(O)c1ccsc1)NCCCN1CCCN(C)CC1.I. The number of aliphatic hydroxyl groups is 1. The maximum atomic E-state index is 10.6. The lowest BCUT2D eigenvalue weighted by molar-refractivity contribution is 0.0677. The molecule has 27 heavy (non-hydrogen) atoms. The van der Waals surface area contributed by atoms with Crippen LogP contribution in [0.1, 0.15) is 32.3 Å². The Morgan fingerprint density at radius 3 is 2.81 bits per heavy atom. The number of guanidine groups is 1. The number of likely N-dealkylation sites (N-methyl/N-ethyl adjacent to an activating group) is 1. The maximum Gasteiger partial charge on any atom is 0.191 e. The summed E-state index contributed by atoms with van der Waals surface area (Å²) in [5, 5.41) is 21.2. The minimum Gasteiger partial charge on any atom is -0.383 e. The van der Waals surface area contributed by atoms with Crippen molar-refractivity contribution in [3.05, 3.63) is 22.4 Å². The van der Waals surface area contributed by atoms with Gasteiger partial charge in [-0.25, -0.2) is 4.99 Å². The Labute approximate surface area is 185 Å². The molecule has 1 atom stereocenters. The van der Waals surface area contributed by atoms with E-state index in [0.29, 0.717) is 6.54 Å². The minimum absolute atomic E-state index is 0. The Bertz CT molecular complexity index is 538. The highest BCUT2D eigenvalue weighted by Crippen LogP contribution is 2.23. The van der Waals surface area contributed by atoms with Gasteiger partial charge < -0.3 is 25.5 Å².